The number of amides is 1. The number of nitrogens with two attached hydrogens (primary N) is 1. The molecule has 0 fully saturated rings. The van der Waals surface area contributed by atoms with Gasteiger partial charge in [0.15, 0.2) is 0 Å². The molecule has 0 unspecified atom stereocenters. The number of nitrogens with one attached hydrogen (secondary N) is 1. The second-order valence-corrected chi connectivity index (χ2v) is 4.81. The molecule has 6 nitrogen and oxygen atoms in total. The lowest BCUT2D eigenvalue weighted by atomic mass is 10.1. The zero-order valence-electron chi connectivity index (χ0n) is 11.8. The van der Waals surface area contributed by atoms with Crippen molar-refractivity contribution in [3.63, 3.8) is 0 Å². The average molecular weight is 307 g/mol. The molecule has 0 bridgehead atoms. The molecule has 1 heterocycles. The molecule has 0 saturated heterocycles. The van der Waals surface area contributed by atoms with Crippen LogP contribution >= 0.6 is 0 Å². The van der Waals surface area contributed by atoms with Crippen LogP contribution in [0.1, 0.15) is 19.4 Å². The number of nitrogens with zero attached hydrogens (tertiary/aromatic N) is 3. The molecule has 1 atom stereocenters. The molecule has 0 saturated carbocycles. The van der Waals surface area contributed by atoms with Crippen LogP contribution in [-0.4, -0.2) is 28.1 Å². The Labute approximate surface area is 129 Å². The van der Waals surface area contributed by atoms with Crippen LogP contribution in [0.3, 0.4) is 0 Å². The van der Waals surface area contributed by atoms with E-state index >= 15 is 0 Å². The van der Waals surface area contributed by atoms with Gasteiger partial charge in [-0.1, -0.05) is 19.9 Å². The van der Waals surface area contributed by atoms with E-state index in [4.69, 9.17) is 5.73 Å². The van der Waals surface area contributed by atoms with Gasteiger partial charge in [-0.25, -0.2) is 5.43 Å². The fourth-order valence-corrected chi connectivity index (χ4v) is 1.61. The standard InChI is InChI=1S/C14H17N5O.ClH/c1-9(2)13(15)14(20)19-18-8-10-3-4-11-12(7-10)17-6-5-16-11;/h3-9,13H,15H2,1-2H3,(H,19,20);1H/p-1/t13-;/m1./s1. The maximum Gasteiger partial charge on any atom is 0.257 e. The lowest BCUT2D eigenvalue weighted by Crippen LogP contribution is -3.00. The summed E-state index contributed by atoms with van der Waals surface area (Å²) in [4.78, 5) is 20.0. The normalized spacial score (nSPS) is 12.4. The fourth-order valence-electron chi connectivity index (χ4n) is 1.61. The van der Waals surface area contributed by atoms with Gasteiger partial charge in [0, 0.05) is 12.4 Å². The highest BCUT2D eigenvalue weighted by Gasteiger charge is 2.15. The maximum absolute atomic E-state index is 11.6. The summed E-state index contributed by atoms with van der Waals surface area (Å²) in [6.45, 7) is 3.77. The summed E-state index contributed by atoms with van der Waals surface area (Å²) in [5.74, 6) is -0.224. The van der Waals surface area contributed by atoms with Crippen molar-refractivity contribution < 1.29 is 17.2 Å². The summed E-state index contributed by atoms with van der Waals surface area (Å²) >= 11 is 0. The van der Waals surface area contributed by atoms with Gasteiger partial charge in [0.05, 0.1) is 23.3 Å². The van der Waals surface area contributed by atoms with Gasteiger partial charge in [-0.05, 0) is 23.6 Å². The van der Waals surface area contributed by atoms with Gasteiger partial charge in [0.1, 0.15) is 0 Å². The lowest BCUT2D eigenvalue weighted by Gasteiger charge is -2.12. The van der Waals surface area contributed by atoms with Gasteiger partial charge in [0.2, 0.25) is 0 Å². The van der Waals surface area contributed by atoms with Crippen LogP contribution in [-0.2, 0) is 4.79 Å². The molecule has 1 aromatic heterocycles. The van der Waals surface area contributed by atoms with E-state index in [1.807, 2.05) is 32.0 Å². The molecule has 21 heavy (non-hydrogen) atoms. The number of hydrogen-bond donors (Lipinski definition) is 2. The molecule has 112 valence electrons. The van der Waals surface area contributed by atoms with Crippen LogP contribution in [0.5, 0.6) is 0 Å². The van der Waals surface area contributed by atoms with Crippen molar-refractivity contribution in [3.05, 3.63) is 36.2 Å². The van der Waals surface area contributed by atoms with Gasteiger partial charge >= 0.3 is 0 Å². The number of carbonyl (C=O) groups is 1. The number of aromatic nitrogens is 2. The minimum absolute atomic E-state index is 0. The van der Waals surface area contributed by atoms with Crippen LogP contribution < -0.4 is 23.6 Å². The topological polar surface area (TPSA) is 93.3 Å². The van der Waals surface area contributed by atoms with Crippen molar-refractivity contribution in [1.29, 1.82) is 0 Å². The maximum atomic E-state index is 11.6. The number of fused-ring (bicyclic) bond motifs is 1. The molecule has 0 radical (unpaired) electrons. The first kappa shape index (κ1) is 17.0. The van der Waals surface area contributed by atoms with Crippen LogP contribution in [0.2, 0.25) is 0 Å². The third kappa shape index (κ3) is 4.47. The SMILES string of the molecule is CC(C)[C@@H](N)C(=O)NN=Cc1ccc2nccnc2c1.[Cl-]. The highest BCUT2D eigenvalue weighted by Crippen LogP contribution is 2.09. The molecular weight excluding hydrogens is 290 g/mol. The van der Waals surface area contributed by atoms with Gasteiger partial charge < -0.3 is 18.1 Å². The molecule has 2 aromatic rings. The molecule has 0 aliphatic heterocycles. The van der Waals surface area contributed by atoms with Crippen LogP contribution in [0.15, 0.2) is 35.7 Å². The Bertz CT molecular complexity index is 644. The predicted molar refractivity (Wildman–Crippen MR) is 78.1 cm³/mol. The first-order valence-electron chi connectivity index (χ1n) is 6.37. The number of rotatable bonds is 4. The van der Waals surface area contributed by atoms with E-state index < -0.39 is 6.04 Å². The van der Waals surface area contributed by atoms with Gasteiger partial charge in [-0.3, -0.25) is 14.8 Å². The van der Waals surface area contributed by atoms with E-state index in [1.54, 1.807) is 18.6 Å². The Hall–Kier alpha value is -2.05. The summed E-state index contributed by atoms with van der Waals surface area (Å²) in [7, 11) is 0. The Morgan fingerprint density at radius 1 is 1.29 bits per heavy atom. The second kappa shape index (κ2) is 7.66. The zero-order chi connectivity index (χ0) is 14.5. The molecule has 7 heteroatoms. The quantitative estimate of drug-likeness (QED) is 0.508. The number of halogens is 1. The van der Waals surface area contributed by atoms with E-state index in [0.717, 1.165) is 16.6 Å². The fraction of sp³-hybridized carbons (Fsp3) is 0.286. The average Bonchev–Trinajstić information content (AvgIpc) is 2.46. The third-order valence-electron chi connectivity index (χ3n) is 2.90. The number of hydrazone groups is 1. The molecule has 0 aliphatic rings. The zero-order valence-corrected chi connectivity index (χ0v) is 12.6. The molecule has 0 spiro atoms. The van der Waals surface area contributed by atoms with Crippen LogP contribution in [0, 0.1) is 5.92 Å². The Balaban J connectivity index is 0.00000220. The Morgan fingerprint density at radius 3 is 2.62 bits per heavy atom. The minimum Gasteiger partial charge on any atom is -1.00 e. The largest absolute Gasteiger partial charge is 1.00 e. The van der Waals surface area contributed by atoms with Crippen LogP contribution in [0.4, 0.5) is 0 Å². The molecule has 3 N–H and O–H groups in total. The van der Waals surface area contributed by atoms with E-state index in [9.17, 15) is 4.79 Å². The van der Waals surface area contributed by atoms with Crippen molar-refractivity contribution in [2.75, 3.05) is 0 Å². The summed E-state index contributed by atoms with van der Waals surface area (Å²) < 4.78 is 0. The van der Waals surface area contributed by atoms with Crippen molar-refractivity contribution in [2.24, 2.45) is 16.8 Å². The Morgan fingerprint density at radius 2 is 1.95 bits per heavy atom. The monoisotopic (exact) mass is 306 g/mol. The molecule has 1 amide bonds. The van der Waals surface area contributed by atoms with Crippen molar-refractivity contribution in [2.45, 2.75) is 19.9 Å². The molecular formula is C14H17ClN5O-. The summed E-state index contributed by atoms with van der Waals surface area (Å²) in [6.07, 6.45) is 4.83. The third-order valence-corrected chi connectivity index (χ3v) is 2.90. The van der Waals surface area contributed by atoms with Gasteiger partial charge in [-0.2, -0.15) is 5.10 Å². The minimum atomic E-state index is -0.561. The van der Waals surface area contributed by atoms with E-state index in [2.05, 4.69) is 20.5 Å². The van der Waals surface area contributed by atoms with Crippen LogP contribution in [0.25, 0.3) is 11.0 Å². The second-order valence-electron chi connectivity index (χ2n) is 4.81. The summed E-state index contributed by atoms with van der Waals surface area (Å²) in [5, 5.41) is 3.90. The highest BCUT2D eigenvalue weighted by molar-refractivity contribution is 5.88. The lowest BCUT2D eigenvalue weighted by molar-refractivity contribution is -0.123. The highest BCUT2D eigenvalue weighted by atomic mass is 35.5. The molecule has 1 aromatic carbocycles. The van der Waals surface area contributed by atoms with Gasteiger partial charge in [0.25, 0.3) is 5.91 Å². The van der Waals surface area contributed by atoms with Gasteiger partial charge in [-0.15, -0.1) is 0 Å². The van der Waals surface area contributed by atoms with E-state index in [1.165, 1.54) is 0 Å². The summed E-state index contributed by atoms with van der Waals surface area (Å²) in [6, 6.07) is 5.00. The number of carbonyl (C=O) groups excluding carboxylic acids is 1. The predicted octanol–water partition coefficient (Wildman–Crippen LogP) is -1.93. The first-order valence-corrected chi connectivity index (χ1v) is 6.37. The van der Waals surface area contributed by atoms with Crippen molar-refractivity contribution >= 4 is 23.2 Å². The number of benzene rings is 1. The molecule has 2 rings (SSSR count). The van der Waals surface area contributed by atoms with E-state index in [0.29, 0.717) is 0 Å². The Kier molecular flexibility index (Phi) is 6.20. The first-order chi connectivity index (χ1) is 9.58. The summed E-state index contributed by atoms with van der Waals surface area (Å²) in [5.41, 5.74) is 10.6. The number of hydrogen-bond acceptors (Lipinski definition) is 5. The van der Waals surface area contributed by atoms with Crippen molar-refractivity contribution in [1.82, 2.24) is 15.4 Å². The van der Waals surface area contributed by atoms with Crippen molar-refractivity contribution in [3.8, 4) is 0 Å². The molecule has 0 aliphatic carbocycles. The van der Waals surface area contributed by atoms with E-state index in [-0.39, 0.29) is 24.2 Å². The smallest absolute Gasteiger partial charge is 0.257 e.